The number of benzene rings is 1. The second-order valence-corrected chi connectivity index (χ2v) is 5.04. The molecule has 6 heteroatoms. The lowest BCUT2D eigenvalue weighted by Crippen LogP contribution is -2.47. The van der Waals surface area contributed by atoms with Crippen LogP contribution in [0.3, 0.4) is 0 Å². The highest BCUT2D eigenvalue weighted by Crippen LogP contribution is 2.13. The molecule has 1 aliphatic heterocycles. The number of carbonyl (C=O) groups is 1. The summed E-state index contributed by atoms with van der Waals surface area (Å²) >= 11 is 0. The number of carbonyl (C=O) groups excluding carboxylic acids is 1. The molecule has 0 saturated carbocycles. The molecule has 5 nitrogen and oxygen atoms in total. The minimum absolute atomic E-state index is 0.0437. The van der Waals surface area contributed by atoms with Crippen LogP contribution in [0.15, 0.2) is 36.5 Å². The standard InChI is InChI=1S/C15H16FN3O2/c1-11-10-21-9-8-18(11)15(20)14-6-7-19(17-14)13-4-2-12(16)3-5-13/h2-7,11H,8-10H2,1H3. The number of nitrogens with zero attached hydrogens (tertiary/aromatic N) is 3. The van der Waals surface area contributed by atoms with Gasteiger partial charge in [-0.15, -0.1) is 0 Å². The Morgan fingerprint density at radius 1 is 1.33 bits per heavy atom. The van der Waals surface area contributed by atoms with Gasteiger partial charge < -0.3 is 9.64 Å². The molecular formula is C15H16FN3O2. The van der Waals surface area contributed by atoms with Crippen LogP contribution in [-0.4, -0.2) is 46.4 Å². The third-order valence-electron chi connectivity index (χ3n) is 3.53. The number of amides is 1. The second-order valence-electron chi connectivity index (χ2n) is 5.04. The Kier molecular flexibility index (Phi) is 3.70. The summed E-state index contributed by atoms with van der Waals surface area (Å²) in [6, 6.07) is 7.68. The van der Waals surface area contributed by atoms with Crippen LogP contribution < -0.4 is 0 Å². The van der Waals surface area contributed by atoms with Crippen molar-refractivity contribution in [2.75, 3.05) is 19.8 Å². The third-order valence-corrected chi connectivity index (χ3v) is 3.53. The Morgan fingerprint density at radius 2 is 2.10 bits per heavy atom. The van der Waals surface area contributed by atoms with Crippen LogP contribution in [0.5, 0.6) is 0 Å². The van der Waals surface area contributed by atoms with Crippen LogP contribution in [0.25, 0.3) is 5.69 Å². The van der Waals surface area contributed by atoms with Crippen LogP contribution in [-0.2, 0) is 4.74 Å². The highest BCUT2D eigenvalue weighted by molar-refractivity contribution is 5.92. The summed E-state index contributed by atoms with van der Waals surface area (Å²) < 4.78 is 19.8. The molecule has 0 spiro atoms. The van der Waals surface area contributed by atoms with Gasteiger partial charge in [-0.1, -0.05) is 0 Å². The molecular weight excluding hydrogens is 273 g/mol. The fourth-order valence-corrected chi connectivity index (χ4v) is 2.35. The van der Waals surface area contributed by atoms with Crippen molar-refractivity contribution in [3.63, 3.8) is 0 Å². The Bertz CT molecular complexity index is 639. The molecule has 1 aromatic heterocycles. The van der Waals surface area contributed by atoms with Crippen LogP contribution in [0.4, 0.5) is 4.39 Å². The SMILES string of the molecule is CC1COCCN1C(=O)c1ccn(-c2ccc(F)cc2)n1. The Balaban J connectivity index is 1.81. The highest BCUT2D eigenvalue weighted by atomic mass is 19.1. The summed E-state index contributed by atoms with van der Waals surface area (Å²) in [5.41, 5.74) is 1.10. The molecule has 1 aromatic carbocycles. The number of ether oxygens (including phenoxy) is 1. The van der Waals surface area contributed by atoms with E-state index in [1.807, 2.05) is 6.92 Å². The van der Waals surface area contributed by atoms with Crippen molar-refractivity contribution in [2.45, 2.75) is 13.0 Å². The lowest BCUT2D eigenvalue weighted by molar-refractivity contribution is 0.00325. The van der Waals surface area contributed by atoms with E-state index in [2.05, 4.69) is 5.10 Å². The fourth-order valence-electron chi connectivity index (χ4n) is 2.35. The van der Waals surface area contributed by atoms with E-state index in [4.69, 9.17) is 4.74 Å². The van der Waals surface area contributed by atoms with E-state index in [9.17, 15) is 9.18 Å². The zero-order valence-corrected chi connectivity index (χ0v) is 11.7. The highest BCUT2D eigenvalue weighted by Gasteiger charge is 2.26. The molecule has 1 atom stereocenters. The van der Waals surface area contributed by atoms with E-state index in [-0.39, 0.29) is 17.8 Å². The van der Waals surface area contributed by atoms with Crippen molar-refractivity contribution in [1.29, 1.82) is 0 Å². The molecule has 1 saturated heterocycles. The summed E-state index contributed by atoms with van der Waals surface area (Å²) in [6.45, 7) is 3.62. The monoisotopic (exact) mass is 289 g/mol. The third kappa shape index (κ3) is 2.80. The number of hydrogen-bond acceptors (Lipinski definition) is 3. The van der Waals surface area contributed by atoms with Crippen molar-refractivity contribution in [1.82, 2.24) is 14.7 Å². The molecule has 0 N–H and O–H groups in total. The summed E-state index contributed by atoms with van der Waals surface area (Å²) in [5.74, 6) is -0.406. The van der Waals surface area contributed by atoms with Gasteiger partial charge in [0.1, 0.15) is 5.82 Å². The van der Waals surface area contributed by atoms with Gasteiger partial charge in [-0.05, 0) is 37.3 Å². The molecule has 1 aliphatic rings. The zero-order chi connectivity index (χ0) is 14.8. The lowest BCUT2D eigenvalue weighted by Gasteiger charge is -2.32. The summed E-state index contributed by atoms with van der Waals surface area (Å²) in [6.07, 6.45) is 1.70. The van der Waals surface area contributed by atoms with Crippen LogP contribution in [0.2, 0.25) is 0 Å². The Labute approximate surface area is 121 Å². The molecule has 0 radical (unpaired) electrons. The average molecular weight is 289 g/mol. The van der Waals surface area contributed by atoms with Gasteiger partial charge >= 0.3 is 0 Å². The van der Waals surface area contributed by atoms with Gasteiger partial charge in [0.05, 0.1) is 24.9 Å². The predicted octanol–water partition coefficient (Wildman–Crippen LogP) is 1.87. The predicted molar refractivity (Wildman–Crippen MR) is 74.8 cm³/mol. The van der Waals surface area contributed by atoms with Crippen molar-refractivity contribution >= 4 is 5.91 Å². The van der Waals surface area contributed by atoms with Gasteiger partial charge in [-0.3, -0.25) is 4.79 Å². The van der Waals surface area contributed by atoms with Crippen molar-refractivity contribution in [3.8, 4) is 5.69 Å². The maximum atomic E-state index is 12.9. The molecule has 21 heavy (non-hydrogen) atoms. The first kappa shape index (κ1) is 13.8. The molecule has 1 amide bonds. The smallest absolute Gasteiger partial charge is 0.274 e. The van der Waals surface area contributed by atoms with Gasteiger partial charge in [-0.25, -0.2) is 9.07 Å². The minimum atomic E-state index is -0.302. The number of halogens is 1. The molecule has 2 aromatic rings. The maximum absolute atomic E-state index is 12.9. The molecule has 3 rings (SSSR count). The Hall–Kier alpha value is -2.21. The first-order valence-electron chi connectivity index (χ1n) is 6.85. The van der Waals surface area contributed by atoms with Crippen LogP contribution in [0.1, 0.15) is 17.4 Å². The molecule has 1 unspecified atom stereocenters. The van der Waals surface area contributed by atoms with Crippen molar-refractivity contribution in [2.24, 2.45) is 0 Å². The Morgan fingerprint density at radius 3 is 2.81 bits per heavy atom. The number of morpholine rings is 1. The molecule has 1 fully saturated rings. The number of rotatable bonds is 2. The fraction of sp³-hybridized carbons (Fsp3) is 0.333. The first-order valence-corrected chi connectivity index (χ1v) is 6.85. The van der Waals surface area contributed by atoms with Crippen LogP contribution in [0, 0.1) is 5.82 Å². The van der Waals surface area contributed by atoms with Gasteiger partial charge in [-0.2, -0.15) is 5.10 Å². The molecule has 110 valence electrons. The van der Waals surface area contributed by atoms with E-state index in [1.165, 1.54) is 12.1 Å². The lowest BCUT2D eigenvalue weighted by atomic mass is 10.2. The van der Waals surface area contributed by atoms with Gasteiger partial charge in [0, 0.05) is 12.7 Å². The molecule has 2 heterocycles. The van der Waals surface area contributed by atoms with E-state index in [1.54, 1.807) is 34.0 Å². The van der Waals surface area contributed by atoms with Crippen molar-refractivity contribution in [3.05, 3.63) is 48.0 Å². The average Bonchev–Trinajstić information content (AvgIpc) is 2.98. The van der Waals surface area contributed by atoms with E-state index in [0.717, 1.165) is 0 Å². The van der Waals surface area contributed by atoms with E-state index in [0.29, 0.717) is 31.1 Å². The second kappa shape index (κ2) is 5.65. The number of hydrogen-bond donors (Lipinski definition) is 0. The minimum Gasteiger partial charge on any atom is -0.377 e. The largest absolute Gasteiger partial charge is 0.377 e. The van der Waals surface area contributed by atoms with Crippen LogP contribution >= 0.6 is 0 Å². The maximum Gasteiger partial charge on any atom is 0.274 e. The quantitative estimate of drug-likeness (QED) is 0.848. The normalized spacial score (nSPS) is 18.8. The number of aromatic nitrogens is 2. The topological polar surface area (TPSA) is 47.4 Å². The van der Waals surface area contributed by atoms with Gasteiger partial charge in [0.15, 0.2) is 5.69 Å². The summed E-state index contributed by atoms with van der Waals surface area (Å²) in [7, 11) is 0. The van der Waals surface area contributed by atoms with Gasteiger partial charge in [0.25, 0.3) is 5.91 Å². The van der Waals surface area contributed by atoms with E-state index < -0.39 is 0 Å². The molecule has 0 bridgehead atoms. The van der Waals surface area contributed by atoms with Crippen molar-refractivity contribution < 1.29 is 13.9 Å². The molecule has 0 aliphatic carbocycles. The summed E-state index contributed by atoms with van der Waals surface area (Å²) in [4.78, 5) is 14.2. The summed E-state index contributed by atoms with van der Waals surface area (Å²) in [5, 5.41) is 4.28. The van der Waals surface area contributed by atoms with E-state index >= 15 is 0 Å². The first-order chi connectivity index (χ1) is 10.1. The zero-order valence-electron chi connectivity index (χ0n) is 11.7. The van der Waals surface area contributed by atoms with Gasteiger partial charge in [0.2, 0.25) is 0 Å².